The van der Waals surface area contributed by atoms with Gasteiger partial charge in [0, 0.05) is 145 Å². The van der Waals surface area contributed by atoms with Crippen LogP contribution in [0, 0.1) is 0 Å². The molecular formula is C128H89N7S3. The van der Waals surface area contributed by atoms with Crippen LogP contribution in [-0.2, 0) is 0 Å². The molecule has 7 nitrogen and oxygen atoms in total. The number of rotatable bonds is 9. The van der Waals surface area contributed by atoms with Crippen LogP contribution in [0.1, 0.15) is 22.3 Å². The first-order valence-electron chi connectivity index (χ1n) is 45.9. The van der Waals surface area contributed by atoms with Gasteiger partial charge in [-0.25, -0.2) is 4.98 Å². The van der Waals surface area contributed by atoms with E-state index in [4.69, 9.17) is 4.98 Å². The van der Waals surface area contributed by atoms with Crippen LogP contribution in [0.5, 0.6) is 0 Å². The van der Waals surface area contributed by atoms with Crippen molar-refractivity contribution >= 4 is 225 Å². The molecule has 30 aromatic rings. The van der Waals surface area contributed by atoms with Gasteiger partial charge in [-0.05, 0) is 203 Å². The van der Waals surface area contributed by atoms with Crippen LogP contribution >= 0.6 is 34.0 Å². The van der Waals surface area contributed by atoms with E-state index in [0.29, 0.717) is 0 Å². The number of thiophene rings is 3. The Balaban J connectivity index is 0.000000109. The minimum atomic E-state index is 0. The van der Waals surface area contributed by atoms with E-state index in [1.165, 1.54) is 247 Å². The highest BCUT2D eigenvalue weighted by Gasteiger charge is 2.25. The number of benzene rings is 20. The van der Waals surface area contributed by atoms with Crippen LogP contribution in [-0.4, -0.2) is 32.4 Å². The minimum Gasteiger partial charge on any atom is -0.309 e. The lowest BCUT2D eigenvalue weighted by molar-refractivity contribution is 1.11. The van der Waals surface area contributed by atoms with E-state index in [2.05, 4.69) is 488 Å². The molecule has 0 saturated heterocycles. The lowest BCUT2D eigenvalue weighted by Gasteiger charge is -2.12. The maximum atomic E-state index is 4.97. The zero-order chi connectivity index (χ0) is 88.5. The van der Waals surface area contributed by atoms with Gasteiger partial charge in [0.1, 0.15) is 0 Å². The fraction of sp³-hybridized carbons (Fsp3) is 0.0234. The van der Waals surface area contributed by atoms with Crippen LogP contribution in [0.3, 0.4) is 0 Å². The molecule has 0 N–H and O–H groups in total. The van der Waals surface area contributed by atoms with Gasteiger partial charge < -0.3 is 22.8 Å². The Morgan fingerprint density at radius 3 is 0.971 bits per heavy atom. The number of hydrogen-bond acceptors (Lipinski definition) is 4. The van der Waals surface area contributed by atoms with Crippen molar-refractivity contribution in [2.45, 2.75) is 22.3 Å². The molecule has 138 heavy (non-hydrogen) atoms. The summed E-state index contributed by atoms with van der Waals surface area (Å²) in [5.41, 5.74) is 27.9. The van der Waals surface area contributed by atoms with Gasteiger partial charge in [-0.15, -0.1) is 34.0 Å². The topological polar surface area (TPSA) is 42.5 Å². The smallest absolute Gasteiger partial charge is 0.155 e. The van der Waals surface area contributed by atoms with Crippen LogP contribution in [0.4, 0.5) is 0 Å². The summed E-state index contributed by atoms with van der Waals surface area (Å²) in [5.74, 6) is 0.990. The average Bonchev–Trinajstić information content (AvgIpc) is 1.57. The standard InChI is InChI=1S/C48H30N2S.C42H26N2S.C35H21N3S.3CH4/c1-5-22-43-37(16-1)38-17-2-6-23-44(38)50(43)35-26-27-46-42(30-35)39-18-3-7-24-45(39)49(46)34-15-10-13-32(29-34)31-12-9-14-33(28-31)36-20-11-21-41-40-19-4-8-25-47(40)51-48(36)41;1-2-11-29(12-3-1)43-36-17-7-4-13-30(36)34-25-27(21-23-38(34)43)28-22-24-39-35(26-28)31-14-5-8-18-37(31)44(39)40-19-10-16-33-32-15-6-9-20-41(32)45-42(33)40;1-5-13-29-23(9-1)24-10-2-6-14-30(24)37(29)22-17-18-33-28(21-22)27-19-20-36-35(34(27)39-33)38-31-15-7-3-11-25(31)26-12-4-8-16-32(26)38;;;/h1-30H;1-26H;1-21H;3*1H4. The molecule has 10 heteroatoms. The molecule has 0 spiro atoms. The molecule has 0 atom stereocenters. The van der Waals surface area contributed by atoms with E-state index in [1.54, 1.807) is 0 Å². The molecule has 0 unspecified atom stereocenters. The van der Waals surface area contributed by atoms with Crippen molar-refractivity contribution in [3.8, 4) is 67.6 Å². The van der Waals surface area contributed by atoms with Gasteiger partial charge >= 0.3 is 0 Å². The lowest BCUT2D eigenvalue weighted by Crippen LogP contribution is -1.97. The number of nitrogens with zero attached hydrogens (tertiary/aromatic N) is 7. The maximum absolute atomic E-state index is 4.97. The summed E-state index contributed by atoms with van der Waals surface area (Å²) in [5, 5.41) is 23.0. The molecule has 20 aromatic carbocycles. The zero-order valence-corrected chi connectivity index (χ0v) is 75.3. The first-order chi connectivity index (χ1) is 67.0. The average molecular weight is 1820 g/mol. The van der Waals surface area contributed by atoms with E-state index >= 15 is 0 Å². The fourth-order valence-corrected chi connectivity index (χ4v) is 25.5. The number of fused-ring (bicyclic) bond motifs is 27. The zero-order valence-electron chi connectivity index (χ0n) is 72.8. The highest BCUT2D eigenvalue weighted by Crippen LogP contribution is 2.48. The summed E-state index contributed by atoms with van der Waals surface area (Å²) >= 11 is 5.59. The van der Waals surface area contributed by atoms with Gasteiger partial charge in [-0.3, -0.25) is 4.57 Å². The monoisotopic (exact) mass is 1820 g/mol. The van der Waals surface area contributed by atoms with Gasteiger partial charge in [-0.2, -0.15) is 0 Å². The molecule has 0 bridgehead atoms. The number of pyridine rings is 1. The number of aromatic nitrogens is 7. The molecule has 0 aliphatic heterocycles. The summed E-state index contributed by atoms with van der Waals surface area (Å²) in [6, 6.07) is 168. The van der Waals surface area contributed by atoms with Crippen LogP contribution in [0.25, 0.3) is 259 Å². The van der Waals surface area contributed by atoms with E-state index in [1.807, 2.05) is 40.2 Å². The molecule has 0 aliphatic carbocycles. The molecule has 0 amide bonds. The van der Waals surface area contributed by atoms with E-state index in [-0.39, 0.29) is 22.3 Å². The number of hydrogen-bond donors (Lipinski definition) is 0. The van der Waals surface area contributed by atoms with Crippen molar-refractivity contribution in [3.63, 3.8) is 0 Å². The van der Waals surface area contributed by atoms with Crippen LogP contribution in [0.2, 0.25) is 0 Å². The second-order valence-electron chi connectivity index (χ2n) is 35.1. The summed E-state index contributed by atoms with van der Waals surface area (Å²) in [6.07, 6.45) is 1.96. The first kappa shape index (κ1) is 82.9. The molecule has 0 aliphatic rings. The molecule has 10 aromatic heterocycles. The summed E-state index contributed by atoms with van der Waals surface area (Å²) in [4.78, 5) is 4.97. The van der Waals surface area contributed by atoms with Crippen LogP contribution < -0.4 is 0 Å². The van der Waals surface area contributed by atoms with Gasteiger partial charge in [0.15, 0.2) is 5.82 Å². The Morgan fingerprint density at radius 2 is 0.464 bits per heavy atom. The van der Waals surface area contributed by atoms with Crippen molar-refractivity contribution in [1.82, 2.24) is 32.4 Å². The Morgan fingerprint density at radius 1 is 0.159 bits per heavy atom. The van der Waals surface area contributed by atoms with Crippen molar-refractivity contribution < 1.29 is 0 Å². The molecule has 30 rings (SSSR count). The van der Waals surface area contributed by atoms with Gasteiger partial charge in [0.05, 0.1) is 81.3 Å². The Bertz CT molecular complexity index is 9980. The molecule has 654 valence electrons. The van der Waals surface area contributed by atoms with Crippen molar-refractivity contribution in [2.75, 3.05) is 0 Å². The van der Waals surface area contributed by atoms with Gasteiger partial charge in [0.25, 0.3) is 0 Å². The lowest BCUT2D eigenvalue weighted by atomic mass is 9.97. The maximum Gasteiger partial charge on any atom is 0.155 e. The Hall–Kier alpha value is -17.0. The van der Waals surface area contributed by atoms with Gasteiger partial charge in [-0.1, -0.05) is 313 Å². The molecule has 0 fully saturated rings. The Kier molecular flexibility index (Phi) is 20.0. The second kappa shape index (κ2) is 33.3. The highest BCUT2D eigenvalue weighted by molar-refractivity contribution is 7.27. The van der Waals surface area contributed by atoms with E-state index < -0.39 is 0 Å². The molecule has 0 radical (unpaired) electrons. The summed E-state index contributed by atoms with van der Waals surface area (Å²) in [7, 11) is 0. The van der Waals surface area contributed by atoms with Crippen LogP contribution in [0.15, 0.2) is 467 Å². The summed E-state index contributed by atoms with van der Waals surface area (Å²) in [6.45, 7) is 0. The third kappa shape index (κ3) is 12.9. The molecule has 0 saturated carbocycles. The summed E-state index contributed by atoms with van der Waals surface area (Å²) < 4.78 is 22.2. The van der Waals surface area contributed by atoms with Gasteiger partial charge in [0.2, 0.25) is 0 Å². The predicted molar refractivity (Wildman–Crippen MR) is 598 cm³/mol. The SMILES string of the molecule is C.C.C.c1cc(-c2cccc(-n3c4ccccc4c4cc(-n5c6ccccc6c6ccccc65)ccc43)c2)cc(-c2cccc3c2sc2ccccc23)c1.c1ccc(-n2c3ccccc3c3cc(-c4ccc5c(c4)c4ccccc4n5-c4cccc5c4sc4ccccc45)ccc32)cc1.c1ccc2c(c1)c1ccccc1n2-c1ccc2sc3c(-n4c5ccccc5c5ccccc54)nccc3c2c1. The van der Waals surface area contributed by atoms with Crippen molar-refractivity contribution in [2.24, 2.45) is 0 Å². The molecule has 10 heterocycles. The number of para-hydroxylation sites is 10. The normalized spacial score (nSPS) is 11.7. The van der Waals surface area contributed by atoms with Crippen molar-refractivity contribution in [3.05, 3.63) is 467 Å². The fourth-order valence-electron chi connectivity index (χ4n) is 21.9. The third-order valence-corrected chi connectivity index (χ3v) is 31.4. The first-order valence-corrected chi connectivity index (χ1v) is 48.4. The largest absolute Gasteiger partial charge is 0.309 e. The Labute approximate surface area is 808 Å². The van der Waals surface area contributed by atoms with E-state index in [9.17, 15) is 0 Å². The molecular weight excluding hydrogens is 1730 g/mol. The second-order valence-corrected chi connectivity index (χ2v) is 38.3. The van der Waals surface area contributed by atoms with E-state index in [0.717, 1.165) is 11.5 Å². The highest BCUT2D eigenvalue weighted by atomic mass is 32.1. The predicted octanol–water partition coefficient (Wildman–Crippen LogP) is 37.1. The minimum absolute atomic E-state index is 0. The third-order valence-electron chi connectivity index (χ3n) is 27.8. The van der Waals surface area contributed by atoms with Crippen molar-refractivity contribution in [1.29, 1.82) is 0 Å². The quantitative estimate of drug-likeness (QED) is 0.142.